The number of hydrogen-bond acceptors (Lipinski definition) is 5. The third-order valence-corrected chi connectivity index (χ3v) is 5.03. The van der Waals surface area contributed by atoms with Gasteiger partial charge in [-0.15, -0.1) is 0 Å². The summed E-state index contributed by atoms with van der Waals surface area (Å²) in [6.45, 7) is 7.12. The summed E-state index contributed by atoms with van der Waals surface area (Å²) in [6, 6.07) is 1.73. The molecule has 0 saturated carbocycles. The zero-order valence-electron chi connectivity index (χ0n) is 16.1. The maximum Gasteiger partial charge on any atom is 0.410 e. The first-order chi connectivity index (χ1) is 12.8. The second-order valence-corrected chi connectivity index (χ2v) is 8.24. The lowest BCUT2D eigenvalue weighted by atomic mass is 10.00. The van der Waals surface area contributed by atoms with Crippen molar-refractivity contribution in [1.29, 1.82) is 0 Å². The second kappa shape index (κ2) is 6.67. The number of likely N-dealkylation sites (tertiary alicyclic amines) is 1. The Labute approximate surface area is 157 Å². The first-order valence-electron chi connectivity index (χ1n) is 9.54. The minimum Gasteiger partial charge on any atom is -0.444 e. The Bertz CT molecular complexity index is 924. The zero-order chi connectivity index (χ0) is 19.2. The van der Waals surface area contributed by atoms with Crippen LogP contribution in [-0.4, -0.2) is 44.3 Å². The van der Waals surface area contributed by atoms with Gasteiger partial charge in [0.25, 0.3) is 5.56 Å². The van der Waals surface area contributed by atoms with Crippen molar-refractivity contribution < 1.29 is 14.3 Å². The standard InChI is InChI=1S/C19H26N4O4/c1-19(2,3)27-18(25)22-8-5-4-6-15(22)14-10-16-20-13-7-9-26-11-12(13)17(24)23(16)21-14/h10,15,21H,4-9,11H2,1-3H3. The van der Waals surface area contributed by atoms with Crippen molar-refractivity contribution in [2.75, 3.05) is 13.2 Å². The van der Waals surface area contributed by atoms with E-state index in [9.17, 15) is 9.59 Å². The van der Waals surface area contributed by atoms with Gasteiger partial charge in [0.15, 0.2) is 5.65 Å². The number of fused-ring (bicyclic) bond motifs is 2. The highest BCUT2D eigenvalue weighted by molar-refractivity contribution is 5.69. The summed E-state index contributed by atoms with van der Waals surface area (Å²) in [7, 11) is 0. The molecule has 2 aliphatic heterocycles. The Hall–Kier alpha value is -2.35. The van der Waals surface area contributed by atoms with E-state index >= 15 is 0 Å². The Balaban J connectivity index is 1.70. The first-order valence-corrected chi connectivity index (χ1v) is 9.54. The van der Waals surface area contributed by atoms with Gasteiger partial charge in [0.05, 0.1) is 36.2 Å². The van der Waals surface area contributed by atoms with Crippen molar-refractivity contribution in [2.45, 2.75) is 64.7 Å². The number of piperidine rings is 1. The maximum atomic E-state index is 12.8. The van der Waals surface area contributed by atoms with E-state index < -0.39 is 5.60 Å². The lowest BCUT2D eigenvalue weighted by molar-refractivity contribution is 0.00897. The average Bonchev–Trinajstić information content (AvgIpc) is 3.05. The first kappa shape index (κ1) is 18.0. The van der Waals surface area contributed by atoms with E-state index in [4.69, 9.17) is 9.47 Å². The summed E-state index contributed by atoms with van der Waals surface area (Å²) in [5.74, 6) is 0. The largest absolute Gasteiger partial charge is 0.444 e. The molecular weight excluding hydrogens is 348 g/mol. The van der Waals surface area contributed by atoms with Crippen LogP contribution in [0.1, 0.15) is 63.0 Å². The van der Waals surface area contributed by atoms with Gasteiger partial charge in [-0.2, -0.15) is 0 Å². The van der Waals surface area contributed by atoms with Gasteiger partial charge in [0, 0.05) is 19.0 Å². The number of carbonyl (C=O) groups is 1. The van der Waals surface area contributed by atoms with Crippen LogP contribution in [0.25, 0.3) is 5.65 Å². The molecule has 0 bridgehead atoms. The van der Waals surface area contributed by atoms with Gasteiger partial charge in [0.1, 0.15) is 5.60 Å². The fraction of sp³-hybridized carbons (Fsp3) is 0.632. The number of nitrogens with one attached hydrogen (secondary N) is 1. The molecule has 1 fully saturated rings. The topological polar surface area (TPSA) is 88.9 Å². The van der Waals surface area contributed by atoms with Gasteiger partial charge >= 0.3 is 6.09 Å². The lowest BCUT2D eigenvalue weighted by Gasteiger charge is -2.36. The monoisotopic (exact) mass is 374 g/mol. The van der Waals surface area contributed by atoms with Gasteiger partial charge in [-0.25, -0.2) is 14.3 Å². The minimum absolute atomic E-state index is 0.124. The van der Waals surface area contributed by atoms with Crippen LogP contribution in [-0.2, 0) is 22.5 Å². The third kappa shape index (κ3) is 3.45. The van der Waals surface area contributed by atoms with Gasteiger partial charge in [-0.05, 0) is 40.0 Å². The van der Waals surface area contributed by atoms with Crippen molar-refractivity contribution in [3.63, 3.8) is 0 Å². The molecule has 8 nitrogen and oxygen atoms in total. The molecule has 1 unspecified atom stereocenters. The van der Waals surface area contributed by atoms with Crippen LogP contribution in [0.5, 0.6) is 0 Å². The summed E-state index contributed by atoms with van der Waals surface area (Å²) in [5.41, 5.74) is 2.15. The number of carbonyl (C=O) groups excluding carboxylic acids is 1. The molecule has 1 N–H and O–H groups in total. The molecule has 1 saturated heterocycles. The Morgan fingerprint density at radius 2 is 2.19 bits per heavy atom. The summed E-state index contributed by atoms with van der Waals surface area (Å²) < 4.78 is 12.5. The molecule has 2 aromatic heterocycles. The predicted molar refractivity (Wildman–Crippen MR) is 98.7 cm³/mol. The van der Waals surface area contributed by atoms with Gasteiger partial charge in [0.2, 0.25) is 0 Å². The third-order valence-electron chi connectivity index (χ3n) is 5.03. The van der Waals surface area contributed by atoms with E-state index in [1.54, 1.807) is 4.90 Å². The van der Waals surface area contributed by atoms with Crippen molar-refractivity contribution >= 4 is 11.7 Å². The molecule has 0 aromatic carbocycles. The highest BCUT2D eigenvalue weighted by atomic mass is 16.6. The van der Waals surface area contributed by atoms with Gasteiger partial charge in [-0.1, -0.05) is 0 Å². The van der Waals surface area contributed by atoms with E-state index in [0.29, 0.717) is 37.4 Å². The summed E-state index contributed by atoms with van der Waals surface area (Å²) in [6.07, 6.45) is 3.11. The molecule has 1 amide bonds. The second-order valence-electron chi connectivity index (χ2n) is 8.24. The van der Waals surface area contributed by atoms with Crippen LogP contribution in [0.4, 0.5) is 4.79 Å². The maximum absolute atomic E-state index is 12.8. The van der Waals surface area contributed by atoms with E-state index in [0.717, 1.165) is 30.7 Å². The van der Waals surface area contributed by atoms with Crippen LogP contribution in [0.2, 0.25) is 0 Å². The molecule has 4 heterocycles. The Morgan fingerprint density at radius 1 is 1.37 bits per heavy atom. The Kier molecular flexibility index (Phi) is 4.46. The number of hydrogen-bond donors (Lipinski definition) is 1. The molecule has 2 aliphatic rings. The molecule has 0 aliphatic carbocycles. The van der Waals surface area contributed by atoms with E-state index in [1.807, 2.05) is 26.8 Å². The summed E-state index contributed by atoms with van der Waals surface area (Å²) in [4.78, 5) is 31.9. The highest BCUT2D eigenvalue weighted by Gasteiger charge is 2.33. The van der Waals surface area contributed by atoms with E-state index in [-0.39, 0.29) is 17.7 Å². The van der Waals surface area contributed by atoms with Crippen LogP contribution in [0, 0.1) is 0 Å². The van der Waals surface area contributed by atoms with Crippen molar-refractivity contribution in [3.8, 4) is 0 Å². The fourth-order valence-electron chi connectivity index (χ4n) is 3.78. The molecule has 27 heavy (non-hydrogen) atoms. The lowest BCUT2D eigenvalue weighted by Crippen LogP contribution is -2.42. The molecule has 8 heteroatoms. The zero-order valence-corrected chi connectivity index (χ0v) is 16.1. The van der Waals surface area contributed by atoms with Crippen molar-refractivity contribution in [3.05, 3.63) is 33.4 Å². The number of H-pyrrole nitrogens is 1. The van der Waals surface area contributed by atoms with Gasteiger partial charge < -0.3 is 9.47 Å². The molecule has 0 spiro atoms. The van der Waals surface area contributed by atoms with Crippen molar-refractivity contribution in [2.24, 2.45) is 0 Å². The number of ether oxygens (including phenoxy) is 2. The van der Waals surface area contributed by atoms with Crippen LogP contribution < -0.4 is 5.56 Å². The number of amides is 1. The molecule has 146 valence electrons. The van der Waals surface area contributed by atoms with Crippen molar-refractivity contribution in [1.82, 2.24) is 19.5 Å². The SMILES string of the molecule is CC(C)(C)OC(=O)N1CCCCC1c1cc2nc3c(c(=O)n2[nH]1)COCC3. The quantitative estimate of drug-likeness (QED) is 0.829. The smallest absolute Gasteiger partial charge is 0.410 e. The highest BCUT2D eigenvalue weighted by Crippen LogP contribution is 2.32. The molecule has 0 radical (unpaired) electrons. The normalized spacial score (nSPS) is 20.6. The number of rotatable bonds is 1. The molecule has 4 rings (SSSR count). The van der Waals surface area contributed by atoms with E-state index in [1.165, 1.54) is 4.52 Å². The average molecular weight is 374 g/mol. The number of nitrogens with zero attached hydrogens (tertiary/aromatic N) is 3. The number of aromatic nitrogens is 3. The molecule has 1 atom stereocenters. The van der Waals surface area contributed by atoms with Crippen LogP contribution in [0.15, 0.2) is 10.9 Å². The van der Waals surface area contributed by atoms with E-state index in [2.05, 4.69) is 10.1 Å². The summed E-state index contributed by atoms with van der Waals surface area (Å²) in [5, 5.41) is 3.17. The Morgan fingerprint density at radius 3 is 2.96 bits per heavy atom. The summed E-state index contributed by atoms with van der Waals surface area (Å²) >= 11 is 0. The van der Waals surface area contributed by atoms with Gasteiger partial charge in [-0.3, -0.25) is 14.8 Å². The van der Waals surface area contributed by atoms with Crippen LogP contribution >= 0.6 is 0 Å². The molecular formula is C19H26N4O4. The minimum atomic E-state index is -0.545. The number of aromatic amines is 1. The molecule has 2 aromatic rings. The fourth-order valence-corrected chi connectivity index (χ4v) is 3.78. The van der Waals surface area contributed by atoms with Crippen LogP contribution in [0.3, 0.4) is 0 Å². The predicted octanol–water partition coefficient (Wildman–Crippen LogP) is 2.56.